The third-order valence-electron chi connectivity index (χ3n) is 2.60. The molecule has 1 aromatic heterocycles. The number of nitrogens with zero attached hydrogens (tertiary/aromatic N) is 1. The number of carbonyl (C=O) groups is 2. The molecule has 1 heterocycles. The number of hydrogen-bond acceptors (Lipinski definition) is 3. The van der Waals surface area contributed by atoms with E-state index in [1.165, 1.54) is 18.3 Å². The largest absolute Gasteiger partial charge is 0.478 e. The van der Waals surface area contributed by atoms with Gasteiger partial charge in [0.05, 0.1) is 11.8 Å². The second-order valence-electron chi connectivity index (χ2n) is 4.10. The van der Waals surface area contributed by atoms with Crippen molar-refractivity contribution in [1.29, 1.82) is 0 Å². The Kier molecular flexibility index (Phi) is 4.40. The summed E-state index contributed by atoms with van der Waals surface area (Å²) < 4.78 is 13.4. The molecule has 0 aliphatic carbocycles. The molecular weight excluding hydrogens is 275 g/mol. The summed E-state index contributed by atoms with van der Waals surface area (Å²) in [4.78, 5) is 25.8. The van der Waals surface area contributed by atoms with E-state index in [2.05, 4.69) is 10.3 Å². The van der Waals surface area contributed by atoms with Crippen LogP contribution in [-0.2, 0) is 4.79 Å². The molecule has 1 aromatic carbocycles. The number of hydrogen-bond donors (Lipinski definition) is 2. The highest BCUT2D eigenvalue weighted by atomic mass is 19.1. The van der Waals surface area contributed by atoms with Crippen LogP contribution in [0.25, 0.3) is 6.08 Å². The van der Waals surface area contributed by atoms with Gasteiger partial charge in [-0.15, -0.1) is 0 Å². The number of halogens is 1. The molecule has 0 radical (unpaired) electrons. The molecule has 2 aromatic rings. The first kappa shape index (κ1) is 14.4. The van der Waals surface area contributed by atoms with Gasteiger partial charge < -0.3 is 10.4 Å². The minimum Gasteiger partial charge on any atom is -0.478 e. The monoisotopic (exact) mass is 286 g/mol. The molecule has 1 amide bonds. The highest BCUT2D eigenvalue weighted by Gasteiger charge is 2.11. The lowest BCUT2D eigenvalue weighted by Crippen LogP contribution is -2.13. The van der Waals surface area contributed by atoms with Crippen LogP contribution < -0.4 is 5.32 Å². The molecule has 5 nitrogen and oxygen atoms in total. The number of pyridine rings is 1. The van der Waals surface area contributed by atoms with Gasteiger partial charge in [0.2, 0.25) is 0 Å². The number of aromatic nitrogens is 1. The van der Waals surface area contributed by atoms with Gasteiger partial charge in [-0.3, -0.25) is 9.78 Å². The van der Waals surface area contributed by atoms with Crippen molar-refractivity contribution in [3.63, 3.8) is 0 Å². The van der Waals surface area contributed by atoms with E-state index in [0.29, 0.717) is 11.3 Å². The number of carbonyl (C=O) groups excluding carboxylic acids is 1. The Morgan fingerprint density at radius 3 is 2.52 bits per heavy atom. The lowest BCUT2D eigenvalue weighted by atomic mass is 10.2. The predicted molar refractivity (Wildman–Crippen MR) is 75.3 cm³/mol. The molecule has 6 heteroatoms. The van der Waals surface area contributed by atoms with Crippen LogP contribution in [0.3, 0.4) is 0 Å². The van der Waals surface area contributed by atoms with Crippen LogP contribution in [0.15, 0.2) is 48.8 Å². The summed E-state index contributed by atoms with van der Waals surface area (Å²) in [5.74, 6) is -2.32. The summed E-state index contributed by atoms with van der Waals surface area (Å²) in [6.07, 6.45) is 4.74. The van der Waals surface area contributed by atoms with Crippen LogP contribution in [-0.4, -0.2) is 22.0 Å². The molecule has 0 atom stereocenters. The SMILES string of the molecule is O=C(O)C=Cc1ccc(NC(=O)c2ccncc2F)cc1. The maximum atomic E-state index is 13.4. The van der Waals surface area contributed by atoms with Crippen molar-refractivity contribution in [2.45, 2.75) is 0 Å². The summed E-state index contributed by atoms with van der Waals surface area (Å²) in [6.45, 7) is 0. The van der Waals surface area contributed by atoms with Crippen molar-refractivity contribution in [2.24, 2.45) is 0 Å². The third-order valence-corrected chi connectivity index (χ3v) is 2.60. The standard InChI is InChI=1S/C15H11FN2O3/c16-13-9-17-8-7-12(13)15(21)18-11-4-1-10(2-5-11)3-6-14(19)20/h1-9H,(H,18,21)(H,19,20). The topological polar surface area (TPSA) is 79.3 Å². The quantitative estimate of drug-likeness (QED) is 0.847. The fourth-order valence-electron chi connectivity index (χ4n) is 1.60. The summed E-state index contributed by atoms with van der Waals surface area (Å²) in [6, 6.07) is 7.75. The first-order valence-corrected chi connectivity index (χ1v) is 5.98. The van der Waals surface area contributed by atoms with Crippen LogP contribution in [0.1, 0.15) is 15.9 Å². The van der Waals surface area contributed by atoms with Crippen LogP contribution in [0.5, 0.6) is 0 Å². The van der Waals surface area contributed by atoms with E-state index < -0.39 is 17.7 Å². The molecule has 0 spiro atoms. The number of rotatable bonds is 4. The van der Waals surface area contributed by atoms with Gasteiger partial charge in [0.25, 0.3) is 5.91 Å². The van der Waals surface area contributed by atoms with Gasteiger partial charge in [0.1, 0.15) is 0 Å². The minimum absolute atomic E-state index is 0.0974. The summed E-state index contributed by atoms with van der Waals surface area (Å²) in [7, 11) is 0. The normalized spacial score (nSPS) is 10.5. The fourth-order valence-corrected chi connectivity index (χ4v) is 1.60. The van der Waals surface area contributed by atoms with Gasteiger partial charge in [-0.05, 0) is 29.8 Å². The van der Waals surface area contributed by atoms with Gasteiger partial charge in [-0.2, -0.15) is 0 Å². The zero-order chi connectivity index (χ0) is 15.2. The smallest absolute Gasteiger partial charge is 0.328 e. The fraction of sp³-hybridized carbons (Fsp3) is 0. The maximum Gasteiger partial charge on any atom is 0.328 e. The highest BCUT2D eigenvalue weighted by Crippen LogP contribution is 2.13. The van der Waals surface area contributed by atoms with Gasteiger partial charge in [0, 0.05) is 18.0 Å². The van der Waals surface area contributed by atoms with E-state index in [4.69, 9.17) is 5.11 Å². The third kappa shape index (κ3) is 3.97. The van der Waals surface area contributed by atoms with E-state index in [1.807, 2.05) is 0 Å². The number of carboxylic acids is 1. The molecule has 0 saturated heterocycles. The molecule has 0 saturated carbocycles. The van der Waals surface area contributed by atoms with Crippen molar-refractivity contribution >= 4 is 23.6 Å². The summed E-state index contributed by atoms with van der Waals surface area (Å²) >= 11 is 0. The number of aliphatic carboxylic acids is 1. The minimum atomic E-state index is -1.04. The maximum absolute atomic E-state index is 13.4. The van der Waals surface area contributed by atoms with E-state index >= 15 is 0 Å². The van der Waals surface area contributed by atoms with Crippen molar-refractivity contribution in [3.8, 4) is 0 Å². The molecule has 106 valence electrons. The average Bonchev–Trinajstić information content (AvgIpc) is 2.47. The predicted octanol–water partition coefficient (Wildman–Crippen LogP) is 2.57. The lowest BCUT2D eigenvalue weighted by Gasteiger charge is -2.06. The average molecular weight is 286 g/mol. The second-order valence-corrected chi connectivity index (χ2v) is 4.10. The number of carboxylic acid groups (broad SMARTS) is 1. The van der Waals surface area contributed by atoms with Crippen molar-refractivity contribution in [2.75, 3.05) is 5.32 Å². The van der Waals surface area contributed by atoms with Crippen molar-refractivity contribution < 1.29 is 19.1 Å². The number of nitrogens with one attached hydrogen (secondary N) is 1. The van der Waals surface area contributed by atoms with E-state index in [1.54, 1.807) is 24.3 Å². The van der Waals surface area contributed by atoms with Gasteiger partial charge in [-0.25, -0.2) is 9.18 Å². The van der Waals surface area contributed by atoms with Gasteiger partial charge >= 0.3 is 5.97 Å². The molecule has 2 rings (SSSR count). The number of benzene rings is 1. The van der Waals surface area contributed by atoms with Crippen molar-refractivity contribution in [3.05, 3.63) is 65.7 Å². The first-order valence-electron chi connectivity index (χ1n) is 5.98. The Labute approximate surface area is 119 Å². The van der Waals surface area contributed by atoms with Crippen LogP contribution in [0.4, 0.5) is 10.1 Å². The first-order chi connectivity index (χ1) is 10.1. The molecule has 0 bridgehead atoms. The molecular formula is C15H11FN2O3. The molecule has 0 unspecified atom stereocenters. The number of amides is 1. The summed E-state index contributed by atoms with van der Waals surface area (Å²) in [5, 5.41) is 11.1. The second kappa shape index (κ2) is 6.42. The van der Waals surface area contributed by atoms with Crippen LogP contribution in [0, 0.1) is 5.82 Å². The Morgan fingerprint density at radius 2 is 1.90 bits per heavy atom. The zero-order valence-electron chi connectivity index (χ0n) is 10.8. The summed E-state index contributed by atoms with van der Waals surface area (Å²) in [5.41, 5.74) is 1.05. The highest BCUT2D eigenvalue weighted by molar-refractivity contribution is 6.04. The van der Waals surface area contributed by atoms with Gasteiger partial charge in [-0.1, -0.05) is 12.1 Å². The van der Waals surface area contributed by atoms with Crippen LogP contribution >= 0.6 is 0 Å². The zero-order valence-corrected chi connectivity index (χ0v) is 10.8. The van der Waals surface area contributed by atoms with Crippen molar-refractivity contribution in [1.82, 2.24) is 4.98 Å². The Bertz CT molecular complexity index is 696. The molecule has 2 N–H and O–H groups in total. The molecule has 0 aliphatic rings. The molecule has 21 heavy (non-hydrogen) atoms. The molecule has 0 aliphatic heterocycles. The van der Waals surface area contributed by atoms with E-state index in [0.717, 1.165) is 12.3 Å². The van der Waals surface area contributed by atoms with E-state index in [9.17, 15) is 14.0 Å². The lowest BCUT2D eigenvalue weighted by molar-refractivity contribution is -0.131. The molecule has 0 fully saturated rings. The Morgan fingerprint density at radius 1 is 1.19 bits per heavy atom. The van der Waals surface area contributed by atoms with Crippen LogP contribution in [0.2, 0.25) is 0 Å². The van der Waals surface area contributed by atoms with E-state index in [-0.39, 0.29) is 5.56 Å². The Hall–Kier alpha value is -3.02. The number of anilines is 1. The Balaban J connectivity index is 2.09. The van der Waals surface area contributed by atoms with Gasteiger partial charge in [0.15, 0.2) is 5.82 Å².